The Morgan fingerprint density at radius 2 is 1.97 bits per heavy atom. The molecule has 160 valence electrons. The summed E-state index contributed by atoms with van der Waals surface area (Å²) in [6.07, 6.45) is 0.486. The summed E-state index contributed by atoms with van der Waals surface area (Å²) in [5, 5.41) is 3.44. The highest BCUT2D eigenvalue weighted by atomic mass is 19.1. The zero-order valence-corrected chi connectivity index (χ0v) is 17.3. The number of morpholine rings is 1. The predicted molar refractivity (Wildman–Crippen MR) is 115 cm³/mol. The van der Waals surface area contributed by atoms with Crippen molar-refractivity contribution in [2.75, 3.05) is 26.7 Å². The monoisotopic (exact) mass is 421 g/mol. The molecule has 2 heterocycles. The topological polar surface area (TPSA) is 71.5 Å². The van der Waals surface area contributed by atoms with Crippen LogP contribution in [0.3, 0.4) is 0 Å². The van der Waals surface area contributed by atoms with Crippen molar-refractivity contribution in [1.82, 2.24) is 15.2 Å². The van der Waals surface area contributed by atoms with Crippen molar-refractivity contribution < 1.29 is 18.7 Å². The standard InChI is InChI=1S/C24H24FN3O3/c1-26-24(30)19-14-21(27-20-5-3-2-4-18(19)20)22-15-28(12-13-31-22)23(29)11-8-16-6-9-17(25)10-7-16/h2-7,9-10,14,22H,8,11-13,15H2,1H3,(H,26,30). The summed E-state index contributed by atoms with van der Waals surface area (Å²) in [5.74, 6) is -0.460. The minimum absolute atomic E-state index is 0.0185. The highest BCUT2D eigenvalue weighted by molar-refractivity contribution is 6.06. The molecule has 0 saturated carbocycles. The number of carbonyl (C=O) groups excluding carboxylic acids is 2. The molecule has 1 aliphatic rings. The average Bonchev–Trinajstić information content (AvgIpc) is 2.82. The lowest BCUT2D eigenvalue weighted by atomic mass is 10.0. The number of carbonyl (C=O) groups is 2. The van der Waals surface area contributed by atoms with Gasteiger partial charge in [0, 0.05) is 25.4 Å². The van der Waals surface area contributed by atoms with Crippen LogP contribution in [-0.4, -0.2) is 48.4 Å². The molecule has 2 aromatic carbocycles. The maximum absolute atomic E-state index is 13.1. The van der Waals surface area contributed by atoms with E-state index in [-0.39, 0.29) is 17.6 Å². The van der Waals surface area contributed by atoms with E-state index in [0.717, 1.165) is 10.9 Å². The van der Waals surface area contributed by atoms with Crippen LogP contribution in [0.4, 0.5) is 4.39 Å². The molecule has 2 amide bonds. The van der Waals surface area contributed by atoms with Gasteiger partial charge in [-0.25, -0.2) is 9.37 Å². The van der Waals surface area contributed by atoms with Gasteiger partial charge in [-0.05, 0) is 36.2 Å². The Morgan fingerprint density at radius 1 is 1.19 bits per heavy atom. The van der Waals surface area contributed by atoms with Gasteiger partial charge in [0.25, 0.3) is 5.91 Å². The molecule has 0 aliphatic carbocycles. The number of rotatable bonds is 5. The zero-order valence-electron chi connectivity index (χ0n) is 17.3. The first-order chi connectivity index (χ1) is 15.0. The van der Waals surface area contributed by atoms with Crippen molar-refractivity contribution >= 4 is 22.7 Å². The SMILES string of the molecule is CNC(=O)c1cc(C2CN(C(=O)CCc3ccc(F)cc3)CCO2)nc2ccccc12. The normalized spacial score (nSPS) is 16.3. The number of ether oxygens (including phenoxy) is 1. The Labute approximate surface area is 180 Å². The Balaban J connectivity index is 1.50. The number of para-hydroxylation sites is 1. The van der Waals surface area contributed by atoms with Crippen LogP contribution in [0.5, 0.6) is 0 Å². The first kappa shape index (κ1) is 20.9. The van der Waals surface area contributed by atoms with Crippen LogP contribution in [0.15, 0.2) is 54.6 Å². The quantitative estimate of drug-likeness (QED) is 0.687. The van der Waals surface area contributed by atoms with Crippen molar-refractivity contribution in [2.24, 2.45) is 0 Å². The molecular weight excluding hydrogens is 397 g/mol. The highest BCUT2D eigenvalue weighted by Crippen LogP contribution is 2.26. The molecule has 0 radical (unpaired) electrons. The predicted octanol–water partition coefficient (Wildman–Crippen LogP) is 3.27. The molecule has 1 saturated heterocycles. The first-order valence-electron chi connectivity index (χ1n) is 10.3. The lowest BCUT2D eigenvalue weighted by Crippen LogP contribution is -2.42. The van der Waals surface area contributed by atoms with Gasteiger partial charge in [0.05, 0.1) is 29.9 Å². The number of hydrogen-bond donors (Lipinski definition) is 1. The highest BCUT2D eigenvalue weighted by Gasteiger charge is 2.27. The first-order valence-corrected chi connectivity index (χ1v) is 10.3. The number of amides is 2. The zero-order chi connectivity index (χ0) is 21.8. The molecule has 6 nitrogen and oxygen atoms in total. The molecular formula is C24H24FN3O3. The van der Waals surface area contributed by atoms with Crippen molar-refractivity contribution in [3.05, 3.63) is 77.2 Å². The maximum atomic E-state index is 13.1. The number of hydrogen-bond acceptors (Lipinski definition) is 4. The van der Waals surface area contributed by atoms with Crippen LogP contribution in [0, 0.1) is 5.82 Å². The van der Waals surface area contributed by atoms with Gasteiger partial charge >= 0.3 is 0 Å². The number of benzene rings is 2. The summed E-state index contributed by atoms with van der Waals surface area (Å²) in [6.45, 7) is 1.28. The summed E-state index contributed by atoms with van der Waals surface area (Å²) in [6, 6.07) is 15.4. The molecule has 1 aliphatic heterocycles. The van der Waals surface area contributed by atoms with E-state index in [4.69, 9.17) is 9.72 Å². The third-order valence-electron chi connectivity index (χ3n) is 5.50. The second-order valence-electron chi connectivity index (χ2n) is 7.52. The maximum Gasteiger partial charge on any atom is 0.251 e. The van der Waals surface area contributed by atoms with E-state index in [9.17, 15) is 14.0 Å². The van der Waals surface area contributed by atoms with Gasteiger partial charge in [0.2, 0.25) is 5.91 Å². The van der Waals surface area contributed by atoms with Crippen molar-refractivity contribution in [3.8, 4) is 0 Å². The van der Waals surface area contributed by atoms with E-state index >= 15 is 0 Å². The summed E-state index contributed by atoms with van der Waals surface area (Å²) in [4.78, 5) is 31.6. The number of halogens is 1. The Hall–Kier alpha value is -3.32. The van der Waals surface area contributed by atoms with E-state index in [1.54, 1.807) is 30.1 Å². The fraction of sp³-hybridized carbons (Fsp3) is 0.292. The number of pyridine rings is 1. The lowest BCUT2D eigenvalue weighted by molar-refractivity contribution is -0.139. The molecule has 31 heavy (non-hydrogen) atoms. The third-order valence-corrected chi connectivity index (χ3v) is 5.50. The molecule has 0 spiro atoms. The molecule has 1 aromatic heterocycles. The van der Waals surface area contributed by atoms with Gasteiger partial charge in [-0.2, -0.15) is 0 Å². The number of fused-ring (bicyclic) bond motifs is 1. The summed E-state index contributed by atoms with van der Waals surface area (Å²) in [7, 11) is 1.59. The van der Waals surface area contributed by atoms with Crippen LogP contribution >= 0.6 is 0 Å². The number of aromatic nitrogens is 1. The summed E-state index contributed by atoms with van der Waals surface area (Å²) < 4.78 is 19.0. The van der Waals surface area contributed by atoms with E-state index in [1.165, 1.54) is 12.1 Å². The van der Waals surface area contributed by atoms with Crippen LogP contribution in [0.2, 0.25) is 0 Å². The fourth-order valence-electron chi connectivity index (χ4n) is 3.80. The van der Waals surface area contributed by atoms with Crippen molar-refractivity contribution in [2.45, 2.75) is 18.9 Å². The second-order valence-corrected chi connectivity index (χ2v) is 7.52. The Kier molecular flexibility index (Phi) is 6.23. The third kappa shape index (κ3) is 4.72. The van der Waals surface area contributed by atoms with Crippen LogP contribution < -0.4 is 5.32 Å². The van der Waals surface area contributed by atoms with Gasteiger partial charge in [0.1, 0.15) is 11.9 Å². The molecule has 4 rings (SSSR count). The fourth-order valence-corrected chi connectivity index (χ4v) is 3.80. The smallest absolute Gasteiger partial charge is 0.251 e. The minimum atomic E-state index is -0.406. The van der Waals surface area contributed by atoms with Crippen LogP contribution in [-0.2, 0) is 16.0 Å². The number of nitrogens with one attached hydrogen (secondary N) is 1. The van der Waals surface area contributed by atoms with Crippen LogP contribution in [0.25, 0.3) is 10.9 Å². The van der Waals surface area contributed by atoms with Gasteiger partial charge < -0.3 is 15.0 Å². The van der Waals surface area contributed by atoms with E-state index in [0.29, 0.717) is 49.3 Å². The van der Waals surface area contributed by atoms with Gasteiger partial charge in [0.15, 0.2) is 0 Å². The molecule has 7 heteroatoms. The average molecular weight is 421 g/mol. The van der Waals surface area contributed by atoms with Crippen LogP contribution in [0.1, 0.15) is 34.1 Å². The Bertz CT molecular complexity index is 1100. The van der Waals surface area contributed by atoms with E-state index < -0.39 is 6.10 Å². The molecule has 1 atom stereocenters. The van der Waals surface area contributed by atoms with E-state index in [1.807, 2.05) is 24.3 Å². The van der Waals surface area contributed by atoms with E-state index in [2.05, 4.69) is 5.32 Å². The summed E-state index contributed by atoms with van der Waals surface area (Å²) in [5.41, 5.74) is 2.80. The van der Waals surface area contributed by atoms with Crippen molar-refractivity contribution in [3.63, 3.8) is 0 Å². The number of nitrogens with zero attached hydrogens (tertiary/aromatic N) is 2. The van der Waals surface area contributed by atoms with Gasteiger partial charge in [-0.1, -0.05) is 30.3 Å². The molecule has 3 aromatic rings. The van der Waals surface area contributed by atoms with Gasteiger partial charge in [-0.15, -0.1) is 0 Å². The molecule has 0 bridgehead atoms. The molecule has 1 N–H and O–H groups in total. The number of aryl methyl sites for hydroxylation is 1. The van der Waals surface area contributed by atoms with Crippen molar-refractivity contribution in [1.29, 1.82) is 0 Å². The second kappa shape index (κ2) is 9.22. The minimum Gasteiger partial charge on any atom is -0.368 e. The molecule has 1 unspecified atom stereocenters. The largest absolute Gasteiger partial charge is 0.368 e. The lowest BCUT2D eigenvalue weighted by Gasteiger charge is -2.33. The Morgan fingerprint density at radius 3 is 2.74 bits per heavy atom. The van der Waals surface area contributed by atoms with Gasteiger partial charge in [-0.3, -0.25) is 9.59 Å². The molecule has 1 fully saturated rings. The summed E-state index contributed by atoms with van der Waals surface area (Å²) >= 11 is 0.